The molecule has 0 radical (unpaired) electrons. The van der Waals surface area contributed by atoms with Crippen LogP contribution in [0.4, 0.5) is 5.69 Å². The lowest BCUT2D eigenvalue weighted by Crippen LogP contribution is -2.29. The van der Waals surface area contributed by atoms with Gasteiger partial charge in [-0.25, -0.2) is 5.84 Å². The Bertz CT molecular complexity index is 805. The first-order valence-corrected chi connectivity index (χ1v) is 8.95. The molecule has 0 aliphatic heterocycles. The maximum atomic E-state index is 6.48. The van der Waals surface area contributed by atoms with Crippen molar-refractivity contribution in [2.75, 3.05) is 19.2 Å². The predicted molar refractivity (Wildman–Crippen MR) is 115 cm³/mol. The molecule has 27 heavy (non-hydrogen) atoms. The van der Waals surface area contributed by atoms with Gasteiger partial charge >= 0.3 is 0 Å². The van der Waals surface area contributed by atoms with Gasteiger partial charge in [0.15, 0.2) is 0 Å². The first kappa shape index (κ1) is 20.3. The number of methoxy groups -OCH3 is 1. The van der Waals surface area contributed by atoms with E-state index in [0.717, 1.165) is 46.8 Å². The van der Waals surface area contributed by atoms with Gasteiger partial charge in [0.05, 0.1) is 18.5 Å². The average Bonchev–Trinajstić information content (AvgIpc) is 2.70. The summed E-state index contributed by atoms with van der Waals surface area (Å²) in [7, 11) is 3.53. The van der Waals surface area contributed by atoms with Crippen LogP contribution in [0.15, 0.2) is 79.0 Å². The quantitative estimate of drug-likeness (QED) is 0.382. The van der Waals surface area contributed by atoms with E-state index in [9.17, 15) is 0 Å². The third-order valence-corrected chi connectivity index (χ3v) is 4.40. The van der Waals surface area contributed by atoms with Crippen LogP contribution in [0.3, 0.4) is 0 Å². The zero-order valence-electron chi connectivity index (χ0n) is 16.5. The molecule has 0 aromatic heterocycles. The summed E-state index contributed by atoms with van der Waals surface area (Å²) in [4.78, 5) is 0. The fourth-order valence-electron chi connectivity index (χ4n) is 2.60. The number of rotatable bonds is 9. The van der Waals surface area contributed by atoms with Crippen LogP contribution >= 0.6 is 0 Å². The van der Waals surface area contributed by atoms with Crippen molar-refractivity contribution in [1.82, 2.24) is 5.32 Å². The molecule has 4 heteroatoms. The van der Waals surface area contributed by atoms with E-state index in [2.05, 4.69) is 49.7 Å². The second-order valence-corrected chi connectivity index (χ2v) is 6.48. The third kappa shape index (κ3) is 5.76. The summed E-state index contributed by atoms with van der Waals surface area (Å²) in [5.74, 6) is 7.28. The van der Waals surface area contributed by atoms with E-state index in [4.69, 9.17) is 10.6 Å². The van der Waals surface area contributed by atoms with E-state index in [1.165, 1.54) is 5.56 Å². The number of nitrogens with two attached hydrogens (primary N) is 1. The van der Waals surface area contributed by atoms with Gasteiger partial charge in [-0.15, -0.1) is 0 Å². The second-order valence-electron chi connectivity index (χ2n) is 6.48. The Balaban J connectivity index is 2.33. The van der Waals surface area contributed by atoms with Crippen molar-refractivity contribution >= 4 is 11.4 Å². The monoisotopic (exact) mass is 363 g/mol. The summed E-state index contributed by atoms with van der Waals surface area (Å²) in [5.41, 5.74) is 5.98. The molecule has 142 valence electrons. The number of ether oxygens (including phenoxy) is 1. The molecule has 0 saturated heterocycles. The summed E-state index contributed by atoms with van der Waals surface area (Å²) in [6, 6.07) is 16.0. The Hall–Kier alpha value is -2.98. The summed E-state index contributed by atoms with van der Waals surface area (Å²) < 4.78 is 5.23. The number of hydrogen-bond donors (Lipinski definition) is 2. The zero-order valence-corrected chi connectivity index (χ0v) is 16.5. The maximum absolute atomic E-state index is 6.48. The van der Waals surface area contributed by atoms with E-state index in [0.29, 0.717) is 0 Å². The molecule has 0 saturated carbocycles. The van der Waals surface area contributed by atoms with Gasteiger partial charge in [0.1, 0.15) is 5.75 Å². The molecule has 0 heterocycles. The minimum atomic E-state index is 0.794. The van der Waals surface area contributed by atoms with Crippen molar-refractivity contribution in [3.8, 4) is 5.75 Å². The lowest BCUT2D eigenvalue weighted by molar-refractivity contribution is 0.415. The molecule has 2 aromatic rings. The molecule has 0 bridgehead atoms. The minimum absolute atomic E-state index is 0.794. The minimum Gasteiger partial charge on any atom is -0.497 e. The van der Waals surface area contributed by atoms with E-state index >= 15 is 0 Å². The number of benzene rings is 2. The number of nitrogens with zero attached hydrogens (tertiary/aromatic N) is 1. The average molecular weight is 364 g/mol. The molecule has 4 nitrogen and oxygen atoms in total. The molecule has 0 aliphatic carbocycles. The van der Waals surface area contributed by atoms with Gasteiger partial charge in [-0.1, -0.05) is 48.6 Å². The van der Waals surface area contributed by atoms with Crippen LogP contribution in [0.2, 0.25) is 0 Å². The number of anilines is 1. The van der Waals surface area contributed by atoms with E-state index in [-0.39, 0.29) is 0 Å². The van der Waals surface area contributed by atoms with Crippen LogP contribution in [0.1, 0.15) is 24.0 Å². The Kier molecular flexibility index (Phi) is 7.26. The Morgan fingerprint density at radius 1 is 1.07 bits per heavy atom. The highest BCUT2D eigenvalue weighted by molar-refractivity contribution is 5.80. The highest BCUT2D eigenvalue weighted by atomic mass is 16.5. The fraction of sp³-hybridized carbons (Fsp3) is 0.217. The maximum Gasteiger partial charge on any atom is 0.119 e. The standard InChI is InChI=1S/C23H29N3O/c1-17-7-10-20(11-8-17)23(16-18(2)6-9-19(3)25-4)26(24)21-12-14-22(27-5)15-13-21/h7-8,10-16,25H,2-3,6,9,24H2,1,4-5H3/b23-16-. The number of hydrazine groups is 1. The second kappa shape index (κ2) is 9.64. The highest BCUT2D eigenvalue weighted by Crippen LogP contribution is 2.27. The van der Waals surface area contributed by atoms with Gasteiger partial charge in [0.2, 0.25) is 0 Å². The third-order valence-electron chi connectivity index (χ3n) is 4.40. The molecule has 2 aromatic carbocycles. The van der Waals surface area contributed by atoms with Crippen LogP contribution < -0.4 is 20.9 Å². The number of aryl methyl sites for hydroxylation is 1. The lowest BCUT2D eigenvalue weighted by atomic mass is 10.0. The van der Waals surface area contributed by atoms with E-state index in [1.54, 1.807) is 12.1 Å². The van der Waals surface area contributed by atoms with Gasteiger partial charge in [-0.05, 0) is 55.7 Å². The van der Waals surface area contributed by atoms with Gasteiger partial charge in [0, 0.05) is 12.7 Å². The topological polar surface area (TPSA) is 50.5 Å². The molecule has 0 amide bonds. The predicted octanol–water partition coefficient (Wildman–Crippen LogP) is 4.79. The van der Waals surface area contributed by atoms with Crippen LogP contribution in [-0.4, -0.2) is 14.2 Å². The molecular formula is C23H29N3O. The van der Waals surface area contributed by atoms with Gasteiger partial charge < -0.3 is 10.1 Å². The normalized spacial score (nSPS) is 11.0. The smallest absolute Gasteiger partial charge is 0.119 e. The van der Waals surface area contributed by atoms with Crippen LogP contribution in [0, 0.1) is 6.92 Å². The molecule has 3 N–H and O–H groups in total. The molecular weight excluding hydrogens is 334 g/mol. The lowest BCUT2D eigenvalue weighted by Gasteiger charge is -2.23. The largest absolute Gasteiger partial charge is 0.497 e. The zero-order chi connectivity index (χ0) is 19.8. The SMILES string of the molecule is C=C(/C=C(/c1ccc(C)cc1)N(N)c1ccc(OC)cc1)CCC(=C)NC. The van der Waals surface area contributed by atoms with E-state index < -0.39 is 0 Å². The fourth-order valence-corrected chi connectivity index (χ4v) is 2.60. The summed E-state index contributed by atoms with van der Waals surface area (Å²) in [6.45, 7) is 10.2. The molecule has 0 aliphatic rings. The molecule has 0 fully saturated rings. The first-order valence-electron chi connectivity index (χ1n) is 8.95. The molecule has 0 spiro atoms. The summed E-state index contributed by atoms with van der Waals surface area (Å²) in [5, 5.41) is 4.75. The summed E-state index contributed by atoms with van der Waals surface area (Å²) in [6.07, 6.45) is 3.68. The van der Waals surface area contributed by atoms with Crippen LogP contribution in [-0.2, 0) is 0 Å². The van der Waals surface area contributed by atoms with Crippen molar-refractivity contribution < 1.29 is 4.74 Å². The Labute approximate surface area is 162 Å². The van der Waals surface area contributed by atoms with Crippen LogP contribution in [0.5, 0.6) is 5.75 Å². The van der Waals surface area contributed by atoms with Crippen molar-refractivity contribution in [3.63, 3.8) is 0 Å². The summed E-state index contributed by atoms with van der Waals surface area (Å²) >= 11 is 0. The Morgan fingerprint density at radius 3 is 2.26 bits per heavy atom. The Morgan fingerprint density at radius 2 is 1.70 bits per heavy atom. The van der Waals surface area contributed by atoms with Crippen molar-refractivity contribution in [2.45, 2.75) is 19.8 Å². The van der Waals surface area contributed by atoms with Crippen molar-refractivity contribution in [1.29, 1.82) is 0 Å². The van der Waals surface area contributed by atoms with Crippen molar-refractivity contribution in [2.24, 2.45) is 5.84 Å². The number of hydrogen-bond acceptors (Lipinski definition) is 4. The van der Waals surface area contributed by atoms with Crippen molar-refractivity contribution in [3.05, 3.63) is 90.2 Å². The van der Waals surface area contributed by atoms with Crippen LogP contribution in [0.25, 0.3) is 5.70 Å². The van der Waals surface area contributed by atoms with Gasteiger partial charge in [-0.3, -0.25) is 5.01 Å². The number of allylic oxidation sites excluding steroid dienone is 3. The van der Waals surface area contributed by atoms with Gasteiger partial charge in [-0.2, -0.15) is 0 Å². The highest BCUT2D eigenvalue weighted by Gasteiger charge is 2.12. The first-order chi connectivity index (χ1) is 12.9. The molecule has 0 atom stereocenters. The number of nitrogens with one attached hydrogen (secondary N) is 1. The van der Waals surface area contributed by atoms with E-state index in [1.807, 2.05) is 37.4 Å². The molecule has 0 unspecified atom stereocenters. The van der Waals surface area contributed by atoms with Gasteiger partial charge in [0.25, 0.3) is 0 Å². The molecule has 2 rings (SSSR count).